The average molecular weight is 782 g/mol. The molecule has 288 valence electrons. The first-order valence-corrected chi connectivity index (χ1v) is 20.4. The van der Waals surface area contributed by atoms with Crippen molar-refractivity contribution >= 4 is 0 Å². The standard InChI is InChI=1S/C57H39N3O/c61-48-31-34-60-57(38-48)44-29-23-41(24-30-44)51-13-3-6-16-54(51)47-36-45(52-14-4-1-11-49(52)39-19-25-42(26-20-39)55-17-7-9-32-58-55)35-46(37-47)53-15-5-2-12-50(53)40-21-27-43(28-22-40)56-18-8-10-33-59-56/h1-38H,(H,60,61). The van der Waals surface area contributed by atoms with E-state index in [-0.39, 0.29) is 5.75 Å². The Morgan fingerprint density at radius 3 is 0.852 bits per heavy atom. The molecule has 0 saturated heterocycles. The van der Waals surface area contributed by atoms with Crippen LogP contribution in [0.15, 0.2) is 231 Å². The highest BCUT2D eigenvalue weighted by molar-refractivity contribution is 5.94. The number of rotatable bonds is 9. The molecule has 1 N–H and O–H groups in total. The van der Waals surface area contributed by atoms with Gasteiger partial charge in [-0.05, 0) is 115 Å². The smallest absolute Gasteiger partial charge is 0.119 e. The lowest BCUT2D eigenvalue weighted by Gasteiger charge is -2.18. The molecule has 3 heterocycles. The molecule has 61 heavy (non-hydrogen) atoms. The van der Waals surface area contributed by atoms with E-state index in [9.17, 15) is 5.11 Å². The summed E-state index contributed by atoms with van der Waals surface area (Å²) in [7, 11) is 0. The second kappa shape index (κ2) is 16.6. The van der Waals surface area contributed by atoms with Crippen molar-refractivity contribution in [2.75, 3.05) is 0 Å². The van der Waals surface area contributed by atoms with Crippen LogP contribution in [0.25, 0.3) is 101 Å². The van der Waals surface area contributed by atoms with Gasteiger partial charge in [-0.25, -0.2) is 0 Å². The number of nitrogens with zero attached hydrogens (tertiary/aromatic N) is 3. The zero-order valence-corrected chi connectivity index (χ0v) is 33.2. The largest absolute Gasteiger partial charge is 0.508 e. The summed E-state index contributed by atoms with van der Waals surface area (Å²) in [5.41, 5.74) is 19.3. The lowest BCUT2D eigenvalue weighted by molar-refractivity contribution is 0.475. The van der Waals surface area contributed by atoms with Crippen molar-refractivity contribution in [3.63, 3.8) is 0 Å². The van der Waals surface area contributed by atoms with Gasteiger partial charge in [-0.3, -0.25) is 15.0 Å². The van der Waals surface area contributed by atoms with E-state index in [1.165, 1.54) is 0 Å². The Hall–Kier alpha value is -8.21. The number of benzene rings is 7. The first-order valence-electron chi connectivity index (χ1n) is 20.4. The van der Waals surface area contributed by atoms with Crippen molar-refractivity contribution in [3.05, 3.63) is 231 Å². The Balaban J connectivity index is 1.12. The van der Waals surface area contributed by atoms with Crippen LogP contribution in [0.2, 0.25) is 0 Å². The van der Waals surface area contributed by atoms with Crippen LogP contribution in [-0.2, 0) is 0 Å². The maximum Gasteiger partial charge on any atom is 0.119 e. The number of aromatic hydroxyl groups is 1. The van der Waals surface area contributed by atoms with Crippen molar-refractivity contribution < 1.29 is 5.11 Å². The van der Waals surface area contributed by atoms with Crippen LogP contribution in [0.3, 0.4) is 0 Å². The van der Waals surface area contributed by atoms with Gasteiger partial charge in [0.25, 0.3) is 0 Å². The third-order valence-corrected chi connectivity index (χ3v) is 11.2. The molecule has 0 fully saturated rings. The Morgan fingerprint density at radius 2 is 0.525 bits per heavy atom. The van der Waals surface area contributed by atoms with E-state index in [0.29, 0.717) is 0 Å². The molecule has 7 aromatic carbocycles. The summed E-state index contributed by atoms with van der Waals surface area (Å²) < 4.78 is 0. The summed E-state index contributed by atoms with van der Waals surface area (Å²) in [6, 6.07) is 74.1. The van der Waals surface area contributed by atoms with E-state index in [1.54, 1.807) is 18.3 Å². The minimum absolute atomic E-state index is 0.196. The zero-order chi connectivity index (χ0) is 41.0. The lowest BCUT2D eigenvalue weighted by Crippen LogP contribution is -1.92. The topological polar surface area (TPSA) is 58.9 Å². The maximum atomic E-state index is 10.1. The molecule has 0 unspecified atom stereocenters. The predicted octanol–water partition coefficient (Wildman–Crippen LogP) is 14.6. The number of hydrogen-bond acceptors (Lipinski definition) is 4. The highest BCUT2D eigenvalue weighted by atomic mass is 16.3. The summed E-state index contributed by atoms with van der Waals surface area (Å²) in [6.45, 7) is 0. The molecule has 0 aliphatic carbocycles. The summed E-state index contributed by atoms with van der Waals surface area (Å²) >= 11 is 0. The van der Waals surface area contributed by atoms with Gasteiger partial charge in [0, 0.05) is 41.3 Å². The Kier molecular flexibility index (Phi) is 10.1. The Labute approximate surface area is 355 Å². The highest BCUT2D eigenvalue weighted by Crippen LogP contribution is 2.42. The first-order chi connectivity index (χ1) is 30.1. The van der Waals surface area contributed by atoms with E-state index in [0.717, 1.165) is 101 Å². The van der Waals surface area contributed by atoms with Crippen LogP contribution >= 0.6 is 0 Å². The minimum atomic E-state index is 0.196. The van der Waals surface area contributed by atoms with Gasteiger partial charge in [-0.1, -0.05) is 158 Å². The van der Waals surface area contributed by atoms with E-state index in [1.807, 2.05) is 48.8 Å². The quantitative estimate of drug-likeness (QED) is 0.158. The van der Waals surface area contributed by atoms with Gasteiger partial charge in [-0.2, -0.15) is 0 Å². The molecule has 0 aliphatic heterocycles. The van der Waals surface area contributed by atoms with Gasteiger partial charge in [-0.15, -0.1) is 0 Å². The molecule has 10 aromatic rings. The molecule has 0 amide bonds. The molecular formula is C57H39N3O. The van der Waals surface area contributed by atoms with E-state index in [2.05, 4.69) is 179 Å². The van der Waals surface area contributed by atoms with Gasteiger partial charge < -0.3 is 5.11 Å². The first kappa shape index (κ1) is 37.1. The van der Waals surface area contributed by atoms with Crippen LogP contribution in [0, 0.1) is 0 Å². The summed E-state index contributed by atoms with van der Waals surface area (Å²) in [5.74, 6) is 0.196. The predicted molar refractivity (Wildman–Crippen MR) is 250 cm³/mol. The number of aromatic nitrogens is 3. The van der Waals surface area contributed by atoms with Crippen LogP contribution in [0.5, 0.6) is 5.75 Å². The molecule has 0 bridgehead atoms. The normalized spacial score (nSPS) is 11.0. The van der Waals surface area contributed by atoms with Gasteiger partial charge in [0.1, 0.15) is 5.75 Å². The minimum Gasteiger partial charge on any atom is -0.508 e. The van der Waals surface area contributed by atoms with Crippen LogP contribution in [0.1, 0.15) is 0 Å². The van der Waals surface area contributed by atoms with E-state index in [4.69, 9.17) is 0 Å². The van der Waals surface area contributed by atoms with Gasteiger partial charge in [0.05, 0.1) is 17.1 Å². The third kappa shape index (κ3) is 7.74. The summed E-state index contributed by atoms with van der Waals surface area (Å²) in [4.78, 5) is 13.6. The van der Waals surface area contributed by atoms with Crippen molar-refractivity contribution in [1.82, 2.24) is 15.0 Å². The molecule has 10 rings (SSSR count). The Morgan fingerprint density at radius 1 is 0.230 bits per heavy atom. The molecule has 4 nitrogen and oxygen atoms in total. The molecule has 4 heteroatoms. The molecule has 0 spiro atoms. The summed E-state index contributed by atoms with van der Waals surface area (Å²) in [5, 5.41) is 10.1. The van der Waals surface area contributed by atoms with Crippen LogP contribution in [0.4, 0.5) is 0 Å². The highest BCUT2D eigenvalue weighted by Gasteiger charge is 2.17. The molecule has 3 aromatic heterocycles. The van der Waals surface area contributed by atoms with Crippen molar-refractivity contribution in [3.8, 4) is 106 Å². The zero-order valence-electron chi connectivity index (χ0n) is 33.2. The fraction of sp³-hybridized carbons (Fsp3) is 0. The lowest BCUT2D eigenvalue weighted by atomic mass is 9.86. The molecule has 0 radical (unpaired) electrons. The van der Waals surface area contributed by atoms with Gasteiger partial charge in [0.2, 0.25) is 0 Å². The fourth-order valence-corrected chi connectivity index (χ4v) is 8.16. The second-order valence-electron chi connectivity index (χ2n) is 15.0. The second-order valence-corrected chi connectivity index (χ2v) is 15.0. The van der Waals surface area contributed by atoms with E-state index < -0.39 is 0 Å². The van der Waals surface area contributed by atoms with Crippen LogP contribution < -0.4 is 0 Å². The maximum absolute atomic E-state index is 10.1. The monoisotopic (exact) mass is 781 g/mol. The van der Waals surface area contributed by atoms with Gasteiger partial charge >= 0.3 is 0 Å². The van der Waals surface area contributed by atoms with Crippen molar-refractivity contribution in [1.29, 1.82) is 0 Å². The third-order valence-electron chi connectivity index (χ3n) is 11.2. The molecular weight excluding hydrogens is 743 g/mol. The Bertz CT molecular complexity index is 2960. The van der Waals surface area contributed by atoms with Gasteiger partial charge in [0.15, 0.2) is 0 Å². The van der Waals surface area contributed by atoms with Crippen molar-refractivity contribution in [2.24, 2.45) is 0 Å². The van der Waals surface area contributed by atoms with Crippen molar-refractivity contribution in [2.45, 2.75) is 0 Å². The van der Waals surface area contributed by atoms with Crippen LogP contribution in [-0.4, -0.2) is 20.1 Å². The van der Waals surface area contributed by atoms with E-state index >= 15 is 0 Å². The molecule has 0 aliphatic rings. The fourth-order valence-electron chi connectivity index (χ4n) is 8.16. The molecule has 0 atom stereocenters. The summed E-state index contributed by atoms with van der Waals surface area (Å²) in [6.07, 6.45) is 5.30. The number of hydrogen-bond donors (Lipinski definition) is 1. The number of pyridine rings is 3. The average Bonchev–Trinajstić information content (AvgIpc) is 3.34. The SMILES string of the molecule is Oc1ccnc(-c2ccc(-c3ccccc3-c3cc(-c4ccccc4-c4ccc(-c5ccccn5)cc4)cc(-c4ccccc4-c4ccc(-c5ccccn5)cc4)c3)cc2)c1. The molecule has 0 saturated carbocycles.